The van der Waals surface area contributed by atoms with Crippen LogP contribution in [0.3, 0.4) is 0 Å². The number of anilines is 1. The van der Waals surface area contributed by atoms with Crippen LogP contribution in [0.25, 0.3) is 0 Å². The third-order valence-electron chi connectivity index (χ3n) is 3.10. The first-order valence-corrected chi connectivity index (χ1v) is 5.48. The van der Waals surface area contributed by atoms with E-state index in [0.29, 0.717) is 11.9 Å². The van der Waals surface area contributed by atoms with E-state index in [9.17, 15) is 4.39 Å². The highest BCUT2D eigenvalue weighted by Crippen LogP contribution is 2.24. The van der Waals surface area contributed by atoms with Crippen LogP contribution in [0.1, 0.15) is 32.1 Å². The van der Waals surface area contributed by atoms with E-state index in [1.165, 1.54) is 44.5 Å². The Labute approximate surface area is 89.3 Å². The average molecular weight is 209 g/mol. The van der Waals surface area contributed by atoms with E-state index in [4.69, 9.17) is 0 Å². The second kappa shape index (κ2) is 4.55. The third-order valence-corrected chi connectivity index (χ3v) is 3.10. The number of aromatic nitrogens is 2. The summed E-state index contributed by atoms with van der Waals surface area (Å²) in [6.45, 7) is 0. The van der Waals surface area contributed by atoms with Crippen molar-refractivity contribution < 1.29 is 4.39 Å². The average Bonchev–Trinajstić information content (AvgIpc) is 2.29. The van der Waals surface area contributed by atoms with Gasteiger partial charge < -0.3 is 4.90 Å². The quantitative estimate of drug-likeness (QED) is 0.700. The Hall–Kier alpha value is -1.19. The van der Waals surface area contributed by atoms with E-state index in [0.717, 1.165) is 0 Å². The fourth-order valence-electron chi connectivity index (χ4n) is 2.17. The van der Waals surface area contributed by atoms with Gasteiger partial charge in [0.15, 0.2) is 0 Å². The topological polar surface area (TPSA) is 29.0 Å². The lowest BCUT2D eigenvalue weighted by Gasteiger charge is -2.31. The lowest BCUT2D eigenvalue weighted by atomic mass is 9.94. The molecule has 0 spiro atoms. The molecule has 4 heteroatoms. The van der Waals surface area contributed by atoms with Crippen molar-refractivity contribution in [3.63, 3.8) is 0 Å². The van der Waals surface area contributed by atoms with Gasteiger partial charge >= 0.3 is 0 Å². The first-order chi connectivity index (χ1) is 7.27. The molecule has 2 rings (SSSR count). The van der Waals surface area contributed by atoms with Crippen LogP contribution < -0.4 is 4.90 Å². The van der Waals surface area contributed by atoms with Crippen LogP contribution in [0.2, 0.25) is 0 Å². The highest BCUT2D eigenvalue weighted by molar-refractivity contribution is 5.37. The molecule has 1 aliphatic carbocycles. The molecule has 1 aromatic heterocycles. The van der Waals surface area contributed by atoms with E-state index >= 15 is 0 Å². The molecule has 82 valence electrons. The van der Waals surface area contributed by atoms with Crippen LogP contribution in [-0.2, 0) is 0 Å². The summed E-state index contributed by atoms with van der Waals surface area (Å²) in [6, 6.07) is 1.90. The fourth-order valence-corrected chi connectivity index (χ4v) is 2.17. The van der Waals surface area contributed by atoms with Gasteiger partial charge in [-0.3, -0.25) is 0 Å². The molecule has 1 aromatic rings. The Kier molecular flexibility index (Phi) is 3.14. The molecule has 0 unspecified atom stereocenters. The number of hydrogen-bond acceptors (Lipinski definition) is 3. The predicted octanol–water partition coefficient (Wildman–Crippen LogP) is 2.38. The van der Waals surface area contributed by atoms with E-state index < -0.39 is 5.95 Å². The van der Waals surface area contributed by atoms with Crippen LogP contribution in [0, 0.1) is 5.95 Å². The number of halogens is 1. The zero-order valence-corrected chi connectivity index (χ0v) is 8.99. The standard InChI is InChI=1S/C11H16FN3/c1-15(9-5-3-2-4-6-9)11-7-10(12)13-8-14-11/h7-9H,2-6H2,1H3. The summed E-state index contributed by atoms with van der Waals surface area (Å²) >= 11 is 0. The maximum absolute atomic E-state index is 12.9. The molecule has 0 atom stereocenters. The Morgan fingerprint density at radius 2 is 2.00 bits per heavy atom. The molecule has 0 radical (unpaired) electrons. The normalized spacial score (nSPS) is 17.7. The van der Waals surface area contributed by atoms with E-state index in [1.54, 1.807) is 0 Å². The Morgan fingerprint density at radius 3 is 2.67 bits per heavy atom. The fraction of sp³-hybridized carbons (Fsp3) is 0.636. The Balaban J connectivity index is 2.08. The maximum atomic E-state index is 12.9. The van der Waals surface area contributed by atoms with Gasteiger partial charge in [-0.25, -0.2) is 9.97 Å². The number of hydrogen-bond donors (Lipinski definition) is 0. The molecule has 1 aliphatic rings. The van der Waals surface area contributed by atoms with Crippen molar-refractivity contribution in [3.05, 3.63) is 18.3 Å². The van der Waals surface area contributed by atoms with Gasteiger partial charge in [-0.15, -0.1) is 0 Å². The van der Waals surface area contributed by atoms with Crippen molar-refractivity contribution in [2.24, 2.45) is 0 Å². The Bertz CT molecular complexity index is 323. The summed E-state index contributed by atoms with van der Waals surface area (Å²) in [5.74, 6) is 0.233. The second-order valence-corrected chi connectivity index (χ2v) is 4.10. The number of nitrogens with zero attached hydrogens (tertiary/aromatic N) is 3. The summed E-state index contributed by atoms with van der Waals surface area (Å²) in [5.41, 5.74) is 0. The molecular weight excluding hydrogens is 193 g/mol. The second-order valence-electron chi connectivity index (χ2n) is 4.10. The highest BCUT2D eigenvalue weighted by Gasteiger charge is 2.19. The third kappa shape index (κ3) is 2.43. The summed E-state index contributed by atoms with van der Waals surface area (Å²) in [6.07, 6.45) is 7.50. The zero-order valence-electron chi connectivity index (χ0n) is 8.99. The van der Waals surface area contributed by atoms with Crippen LogP contribution >= 0.6 is 0 Å². The van der Waals surface area contributed by atoms with Crippen LogP contribution in [0.5, 0.6) is 0 Å². The van der Waals surface area contributed by atoms with Crippen molar-refractivity contribution in [2.45, 2.75) is 38.1 Å². The molecule has 0 bridgehead atoms. The maximum Gasteiger partial charge on any atom is 0.218 e. The molecule has 3 nitrogen and oxygen atoms in total. The monoisotopic (exact) mass is 209 g/mol. The molecule has 1 fully saturated rings. The van der Waals surface area contributed by atoms with Crippen LogP contribution in [0.4, 0.5) is 10.2 Å². The van der Waals surface area contributed by atoms with Crippen molar-refractivity contribution in [2.75, 3.05) is 11.9 Å². The van der Waals surface area contributed by atoms with Gasteiger partial charge in [-0.1, -0.05) is 19.3 Å². The van der Waals surface area contributed by atoms with Gasteiger partial charge in [0.1, 0.15) is 12.1 Å². The Morgan fingerprint density at radius 1 is 1.27 bits per heavy atom. The molecule has 0 aliphatic heterocycles. The molecule has 0 aromatic carbocycles. The minimum Gasteiger partial charge on any atom is -0.357 e. The molecule has 0 saturated heterocycles. The predicted molar refractivity (Wildman–Crippen MR) is 57.3 cm³/mol. The summed E-state index contributed by atoms with van der Waals surface area (Å²) in [7, 11) is 1.98. The van der Waals surface area contributed by atoms with Gasteiger partial charge in [0.05, 0.1) is 0 Å². The molecular formula is C11H16FN3. The van der Waals surface area contributed by atoms with E-state index in [2.05, 4.69) is 14.9 Å². The molecule has 0 amide bonds. The van der Waals surface area contributed by atoms with Crippen molar-refractivity contribution in [1.29, 1.82) is 0 Å². The smallest absolute Gasteiger partial charge is 0.218 e. The number of rotatable bonds is 2. The van der Waals surface area contributed by atoms with Gasteiger partial charge in [0.2, 0.25) is 5.95 Å². The van der Waals surface area contributed by atoms with Gasteiger partial charge in [0, 0.05) is 19.2 Å². The highest BCUT2D eigenvalue weighted by atomic mass is 19.1. The molecule has 0 N–H and O–H groups in total. The lowest BCUT2D eigenvalue weighted by molar-refractivity contribution is 0.425. The first-order valence-electron chi connectivity index (χ1n) is 5.48. The first kappa shape index (κ1) is 10.3. The zero-order chi connectivity index (χ0) is 10.7. The summed E-state index contributed by atoms with van der Waals surface area (Å²) < 4.78 is 12.9. The van der Waals surface area contributed by atoms with E-state index in [-0.39, 0.29) is 0 Å². The molecule has 1 heterocycles. The van der Waals surface area contributed by atoms with Crippen molar-refractivity contribution >= 4 is 5.82 Å². The van der Waals surface area contributed by atoms with Crippen molar-refractivity contribution in [1.82, 2.24) is 9.97 Å². The lowest BCUT2D eigenvalue weighted by Crippen LogP contribution is -2.33. The SMILES string of the molecule is CN(c1cc(F)ncn1)C1CCCCC1. The summed E-state index contributed by atoms with van der Waals surface area (Å²) in [5, 5.41) is 0. The van der Waals surface area contributed by atoms with Crippen LogP contribution in [0.15, 0.2) is 12.4 Å². The van der Waals surface area contributed by atoms with Gasteiger partial charge in [0.25, 0.3) is 0 Å². The molecule has 15 heavy (non-hydrogen) atoms. The minimum atomic E-state index is -0.456. The van der Waals surface area contributed by atoms with Gasteiger partial charge in [-0.05, 0) is 12.8 Å². The van der Waals surface area contributed by atoms with E-state index in [1.807, 2.05) is 7.05 Å². The summed E-state index contributed by atoms with van der Waals surface area (Å²) in [4.78, 5) is 9.63. The molecule has 1 saturated carbocycles. The van der Waals surface area contributed by atoms with Crippen molar-refractivity contribution in [3.8, 4) is 0 Å². The van der Waals surface area contributed by atoms with Crippen LogP contribution in [-0.4, -0.2) is 23.1 Å². The minimum absolute atomic E-state index is 0.456. The van der Waals surface area contributed by atoms with Gasteiger partial charge in [-0.2, -0.15) is 4.39 Å². The largest absolute Gasteiger partial charge is 0.357 e.